The Labute approximate surface area is 128 Å². The third-order valence-electron chi connectivity index (χ3n) is 2.58. The van der Waals surface area contributed by atoms with Crippen LogP contribution in [0.15, 0.2) is 12.1 Å². The van der Waals surface area contributed by atoms with Gasteiger partial charge in [0.15, 0.2) is 11.6 Å². The zero-order valence-electron chi connectivity index (χ0n) is 12.0. The van der Waals surface area contributed by atoms with Gasteiger partial charge in [-0.05, 0) is 36.1 Å². The number of hydrogen-bond acceptors (Lipinski definition) is 6. The molecule has 0 spiro atoms. The molecule has 126 valence electrons. The van der Waals surface area contributed by atoms with Crippen LogP contribution in [-0.4, -0.2) is 42.6 Å². The van der Waals surface area contributed by atoms with E-state index < -0.39 is 31.9 Å². The van der Waals surface area contributed by atoms with E-state index in [2.05, 4.69) is 8.37 Å². The standard InChI is InChI=1S/C12H16F2O6S2/c1-21(15,16)19-5-3-9-7-11(13)12(14)8-10(9)4-6-20-22(2,17)18/h7-8H,3-6H2,1-2H3. The van der Waals surface area contributed by atoms with Crippen LogP contribution in [0.25, 0.3) is 0 Å². The topological polar surface area (TPSA) is 86.7 Å². The largest absolute Gasteiger partial charge is 0.270 e. The van der Waals surface area contributed by atoms with E-state index in [1.165, 1.54) is 0 Å². The Morgan fingerprint density at radius 1 is 0.818 bits per heavy atom. The maximum absolute atomic E-state index is 13.3. The lowest BCUT2D eigenvalue weighted by molar-refractivity contribution is 0.318. The van der Waals surface area contributed by atoms with Crippen LogP contribution in [0.4, 0.5) is 8.78 Å². The molecule has 0 saturated carbocycles. The van der Waals surface area contributed by atoms with Crippen molar-refractivity contribution in [3.8, 4) is 0 Å². The molecule has 0 atom stereocenters. The highest BCUT2D eigenvalue weighted by Crippen LogP contribution is 2.17. The minimum Gasteiger partial charge on any atom is -0.270 e. The van der Waals surface area contributed by atoms with Gasteiger partial charge in [-0.15, -0.1) is 0 Å². The van der Waals surface area contributed by atoms with Crippen molar-refractivity contribution < 1.29 is 34.0 Å². The molecule has 0 bridgehead atoms. The summed E-state index contributed by atoms with van der Waals surface area (Å²) in [6.07, 6.45) is 1.80. The highest BCUT2D eigenvalue weighted by atomic mass is 32.2. The van der Waals surface area contributed by atoms with Gasteiger partial charge in [0, 0.05) is 0 Å². The predicted molar refractivity (Wildman–Crippen MR) is 75.4 cm³/mol. The third kappa shape index (κ3) is 7.25. The van der Waals surface area contributed by atoms with Gasteiger partial charge in [-0.1, -0.05) is 0 Å². The predicted octanol–water partition coefficient (Wildman–Crippen LogP) is 1.00. The summed E-state index contributed by atoms with van der Waals surface area (Å²) in [5, 5.41) is 0. The lowest BCUT2D eigenvalue weighted by Crippen LogP contribution is -2.11. The summed E-state index contributed by atoms with van der Waals surface area (Å²) in [5.74, 6) is -2.16. The molecule has 0 N–H and O–H groups in total. The fraction of sp³-hybridized carbons (Fsp3) is 0.500. The third-order valence-corrected chi connectivity index (χ3v) is 3.77. The fourth-order valence-electron chi connectivity index (χ4n) is 1.70. The first kappa shape index (κ1) is 18.9. The SMILES string of the molecule is CS(=O)(=O)OCCc1cc(F)c(F)cc1CCOS(C)(=O)=O. The average Bonchev–Trinajstić information content (AvgIpc) is 2.31. The van der Waals surface area contributed by atoms with Gasteiger partial charge in [-0.3, -0.25) is 8.37 Å². The van der Waals surface area contributed by atoms with Gasteiger partial charge >= 0.3 is 0 Å². The van der Waals surface area contributed by atoms with E-state index in [-0.39, 0.29) is 26.1 Å². The van der Waals surface area contributed by atoms with Crippen molar-refractivity contribution in [3.05, 3.63) is 34.9 Å². The van der Waals surface area contributed by atoms with Crippen LogP contribution in [0.5, 0.6) is 0 Å². The summed E-state index contributed by atoms with van der Waals surface area (Å²) < 4.78 is 79.1. The second-order valence-corrected chi connectivity index (χ2v) is 7.88. The second kappa shape index (κ2) is 7.44. The first-order valence-electron chi connectivity index (χ1n) is 6.13. The number of rotatable bonds is 8. The minimum atomic E-state index is -3.63. The van der Waals surface area contributed by atoms with Crippen LogP contribution in [0.2, 0.25) is 0 Å². The number of halogens is 2. The van der Waals surface area contributed by atoms with E-state index in [4.69, 9.17) is 0 Å². The van der Waals surface area contributed by atoms with Crippen molar-refractivity contribution in [3.63, 3.8) is 0 Å². The van der Waals surface area contributed by atoms with Crippen LogP contribution < -0.4 is 0 Å². The zero-order valence-corrected chi connectivity index (χ0v) is 13.6. The summed E-state index contributed by atoms with van der Waals surface area (Å²) in [7, 11) is -7.27. The summed E-state index contributed by atoms with van der Waals surface area (Å²) >= 11 is 0. The molecule has 0 aliphatic rings. The molecule has 0 aliphatic heterocycles. The van der Waals surface area contributed by atoms with E-state index in [0.29, 0.717) is 11.1 Å². The molecule has 1 aromatic rings. The van der Waals surface area contributed by atoms with Crippen LogP contribution in [-0.2, 0) is 41.4 Å². The fourth-order valence-corrected chi connectivity index (χ4v) is 2.47. The normalized spacial score (nSPS) is 12.5. The Bertz CT molecular complexity index is 665. The van der Waals surface area contributed by atoms with Crippen LogP contribution in [0.3, 0.4) is 0 Å². The van der Waals surface area contributed by atoms with Crippen LogP contribution in [0.1, 0.15) is 11.1 Å². The lowest BCUT2D eigenvalue weighted by Gasteiger charge is -2.10. The Hall–Kier alpha value is -1.10. The number of hydrogen-bond donors (Lipinski definition) is 0. The average molecular weight is 358 g/mol. The molecule has 0 aliphatic carbocycles. The summed E-state index contributed by atoms with van der Waals surface area (Å²) in [4.78, 5) is 0. The van der Waals surface area contributed by atoms with Crippen molar-refractivity contribution in [2.45, 2.75) is 12.8 Å². The number of benzene rings is 1. The van der Waals surface area contributed by atoms with Crippen LogP contribution in [0, 0.1) is 11.6 Å². The van der Waals surface area contributed by atoms with Gasteiger partial charge in [0.1, 0.15) is 0 Å². The molecule has 0 amide bonds. The van der Waals surface area contributed by atoms with Crippen molar-refractivity contribution >= 4 is 20.2 Å². The molecule has 0 unspecified atom stereocenters. The molecule has 22 heavy (non-hydrogen) atoms. The van der Waals surface area contributed by atoms with E-state index in [0.717, 1.165) is 24.6 Å². The summed E-state index contributed by atoms with van der Waals surface area (Å²) in [5.41, 5.74) is 0.638. The Morgan fingerprint density at radius 3 is 1.41 bits per heavy atom. The van der Waals surface area contributed by atoms with Crippen molar-refractivity contribution in [2.24, 2.45) is 0 Å². The Kier molecular flexibility index (Phi) is 6.41. The lowest BCUT2D eigenvalue weighted by atomic mass is 10.0. The summed E-state index contributed by atoms with van der Waals surface area (Å²) in [6, 6.07) is 1.85. The highest BCUT2D eigenvalue weighted by molar-refractivity contribution is 7.86. The molecule has 1 aromatic carbocycles. The van der Waals surface area contributed by atoms with Crippen molar-refractivity contribution in [1.82, 2.24) is 0 Å². The second-order valence-electron chi connectivity index (χ2n) is 4.59. The molecule has 0 heterocycles. The maximum atomic E-state index is 13.3. The van der Waals surface area contributed by atoms with Gasteiger partial charge in [0.05, 0.1) is 25.7 Å². The first-order valence-corrected chi connectivity index (χ1v) is 9.77. The highest BCUT2D eigenvalue weighted by Gasteiger charge is 2.12. The molecule has 6 nitrogen and oxygen atoms in total. The molecule has 1 rings (SSSR count). The zero-order chi connectivity index (χ0) is 17.0. The van der Waals surface area contributed by atoms with Crippen LogP contribution >= 0.6 is 0 Å². The molecule has 0 aromatic heterocycles. The van der Waals surface area contributed by atoms with Crippen molar-refractivity contribution in [1.29, 1.82) is 0 Å². The molecule has 10 heteroatoms. The van der Waals surface area contributed by atoms with Gasteiger partial charge in [0.25, 0.3) is 20.2 Å². The van der Waals surface area contributed by atoms with E-state index in [1.807, 2.05) is 0 Å². The Morgan fingerprint density at radius 2 is 1.14 bits per heavy atom. The monoisotopic (exact) mass is 358 g/mol. The van der Waals surface area contributed by atoms with Gasteiger partial charge < -0.3 is 0 Å². The van der Waals surface area contributed by atoms with E-state index in [1.54, 1.807) is 0 Å². The molecular formula is C12H16F2O6S2. The molecular weight excluding hydrogens is 342 g/mol. The van der Waals surface area contributed by atoms with E-state index >= 15 is 0 Å². The molecule has 0 saturated heterocycles. The smallest absolute Gasteiger partial charge is 0.264 e. The Balaban J connectivity index is 2.83. The van der Waals surface area contributed by atoms with Gasteiger partial charge in [0.2, 0.25) is 0 Å². The molecule has 0 fully saturated rings. The first-order chi connectivity index (χ1) is 9.98. The quantitative estimate of drug-likeness (QED) is 0.645. The van der Waals surface area contributed by atoms with Crippen molar-refractivity contribution in [2.75, 3.05) is 25.7 Å². The van der Waals surface area contributed by atoms with Gasteiger partial charge in [-0.25, -0.2) is 8.78 Å². The molecule has 0 radical (unpaired) electrons. The maximum Gasteiger partial charge on any atom is 0.264 e. The minimum absolute atomic E-state index is 0.0263. The summed E-state index contributed by atoms with van der Waals surface area (Å²) in [6.45, 7) is -0.465. The van der Waals surface area contributed by atoms with E-state index in [9.17, 15) is 25.6 Å². The van der Waals surface area contributed by atoms with Gasteiger partial charge in [-0.2, -0.15) is 16.8 Å².